The molecule has 1 aromatic heterocycles. The minimum atomic E-state index is 0. The normalized spacial score (nSPS) is 16.2. The van der Waals surface area contributed by atoms with Gasteiger partial charge in [0, 0.05) is 36.1 Å². The molecule has 4 nitrogen and oxygen atoms in total. The first-order valence-corrected chi connectivity index (χ1v) is 7.75. The summed E-state index contributed by atoms with van der Waals surface area (Å²) in [7, 11) is 0. The highest BCUT2D eigenvalue weighted by atomic mass is 35.5. The van der Waals surface area contributed by atoms with E-state index >= 15 is 0 Å². The van der Waals surface area contributed by atoms with E-state index in [-0.39, 0.29) is 30.7 Å². The van der Waals surface area contributed by atoms with Crippen LogP contribution in [0.4, 0.5) is 0 Å². The van der Waals surface area contributed by atoms with Crippen molar-refractivity contribution >= 4 is 42.3 Å². The van der Waals surface area contributed by atoms with Gasteiger partial charge in [-0.05, 0) is 42.6 Å². The maximum atomic E-state index is 12.6. The summed E-state index contributed by atoms with van der Waals surface area (Å²) in [6, 6.07) is 9.39. The summed E-state index contributed by atoms with van der Waals surface area (Å²) in [5.74, 6) is 0.440. The van der Waals surface area contributed by atoms with E-state index in [0.29, 0.717) is 23.0 Å². The lowest BCUT2D eigenvalue weighted by molar-refractivity contribution is 0.0787. The SMILES string of the molecule is Cl.Cl.NCC1CCN(C(=O)c2cncc(-c3ccc(Cl)cc3)c2)C1. The zero-order chi connectivity index (χ0) is 15.5. The van der Waals surface area contributed by atoms with Crippen molar-refractivity contribution in [3.05, 3.63) is 53.3 Å². The largest absolute Gasteiger partial charge is 0.338 e. The lowest BCUT2D eigenvalue weighted by Gasteiger charge is -2.16. The molecule has 2 N–H and O–H groups in total. The molecule has 0 saturated carbocycles. The number of halogens is 3. The Hall–Kier alpha value is -1.33. The van der Waals surface area contributed by atoms with Crippen LogP contribution in [0.2, 0.25) is 5.02 Å². The van der Waals surface area contributed by atoms with Gasteiger partial charge in [-0.25, -0.2) is 0 Å². The van der Waals surface area contributed by atoms with Crippen molar-refractivity contribution in [1.82, 2.24) is 9.88 Å². The lowest BCUT2D eigenvalue weighted by atomic mass is 10.1. The standard InChI is InChI=1S/C17H18ClN3O.2ClH/c18-16-3-1-13(2-4-16)14-7-15(10-20-9-14)17(22)21-6-5-12(8-19)11-21;;/h1-4,7,9-10,12H,5-6,8,11,19H2;2*1H. The highest BCUT2D eigenvalue weighted by Gasteiger charge is 2.26. The molecule has 0 aliphatic carbocycles. The Morgan fingerprint density at radius 2 is 1.92 bits per heavy atom. The second-order valence-corrected chi connectivity index (χ2v) is 6.05. The van der Waals surface area contributed by atoms with Gasteiger partial charge in [-0.2, -0.15) is 0 Å². The van der Waals surface area contributed by atoms with E-state index in [9.17, 15) is 4.79 Å². The van der Waals surface area contributed by atoms with Crippen molar-refractivity contribution in [2.75, 3.05) is 19.6 Å². The van der Waals surface area contributed by atoms with Crippen LogP contribution in [-0.4, -0.2) is 35.4 Å². The van der Waals surface area contributed by atoms with E-state index < -0.39 is 0 Å². The number of benzene rings is 1. The summed E-state index contributed by atoms with van der Waals surface area (Å²) in [5.41, 5.74) is 8.21. The third-order valence-corrected chi connectivity index (χ3v) is 4.32. The van der Waals surface area contributed by atoms with Crippen LogP contribution >= 0.6 is 36.4 Å². The predicted octanol–water partition coefficient (Wildman–Crippen LogP) is 3.67. The molecular formula is C17H20Cl3N3O. The molecule has 1 fully saturated rings. The predicted molar refractivity (Wildman–Crippen MR) is 102 cm³/mol. The molecule has 2 aromatic rings. The summed E-state index contributed by atoms with van der Waals surface area (Å²) in [4.78, 5) is 18.6. The van der Waals surface area contributed by atoms with Gasteiger partial charge in [0.25, 0.3) is 5.91 Å². The highest BCUT2D eigenvalue weighted by molar-refractivity contribution is 6.30. The summed E-state index contributed by atoms with van der Waals surface area (Å²) in [6.45, 7) is 2.14. The van der Waals surface area contributed by atoms with Gasteiger partial charge in [0.05, 0.1) is 5.56 Å². The van der Waals surface area contributed by atoms with Crippen LogP contribution in [0, 0.1) is 5.92 Å². The number of nitrogens with two attached hydrogens (primary N) is 1. The van der Waals surface area contributed by atoms with E-state index in [2.05, 4.69) is 4.98 Å². The van der Waals surface area contributed by atoms with Gasteiger partial charge in [0.15, 0.2) is 0 Å². The molecule has 2 heterocycles. The number of nitrogens with zero attached hydrogens (tertiary/aromatic N) is 2. The van der Waals surface area contributed by atoms with Crippen LogP contribution in [0.1, 0.15) is 16.8 Å². The first-order chi connectivity index (χ1) is 10.7. The lowest BCUT2D eigenvalue weighted by Crippen LogP contribution is -2.29. The van der Waals surface area contributed by atoms with Crippen LogP contribution in [0.25, 0.3) is 11.1 Å². The topological polar surface area (TPSA) is 59.2 Å². The Morgan fingerprint density at radius 3 is 2.54 bits per heavy atom. The van der Waals surface area contributed by atoms with Crippen LogP contribution in [-0.2, 0) is 0 Å². The molecule has 7 heteroatoms. The summed E-state index contributed by atoms with van der Waals surface area (Å²) in [6.07, 6.45) is 4.36. The van der Waals surface area contributed by atoms with Gasteiger partial charge in [-0.15, -0.1) is 24.8 Å². The molecule has 0 bridgehead atoms. The highest BCUT2D eigenvalue weighted by Crippen LogP contribution is 2.23. The van der Waals surface area contributed by atoms with Crippen LogP contribution < -0.4 is 5.73 Å². The second-order valence-electron chi connectivity index (χ2n) is 5.61. The van der Waals surface area contributed by atoms with Gasteiger partial charge in [-0.3, -0.25) is 9.78 Å². The van der Waals surface area contributed by atoms with E-state index in [4.69, 9.17) is 17.3 Å². The van der Waals surface area contributed by atoms with E-state index in [1.165, 1.54) is 0 Å². The van der Waals surface area contributed by atoms with Crippen LogP contribution in [0.15, 0.2) is 42.7 Å². The molecule has 1 amide bonds. The Kier molecular flexibility index (Phi) is 7.97. The molecule has 0 spiro atoms. The molecule has 0 radical (unpaired) electrons. The molecule has 1 saturated heterocycles. The first-order valence-electron chi connectivity index (χ1n) is 7.37. The Morgan fingerprint density at radius 1 is 1.21 bits per heavy atom. The molecule has 24 heavy (non-hydrogen) atoms. The van der Waals surface area contributed by atoms with Gasteiger partial charge in [0.2, 0.25) is 0 Å². The van der Waals surface area contributed by atoms with Crippen LogP contribution in [0.3, 0.4) is 0 Å². The van der Waals surface area contributed by atoms with Crippen molar-refractivity contribution in [3.8, 4) is 11.1 Å². The third kappa shape index (κ3) is 4.61. The molecule has 1 aromatic carbocycles. The fourth-order valence-corrected chi connectivity index (χ4v) is 2.88. The summed E-state index contributed by atoms with van der Waals surface area (Å²) in [5, 5.41) is 0.689. The number of carbonyl (C=O) groups excluding carboxylic acids is 1. The first kappa shape index (κ1) is 20.7. The van der Waals surface area contributed by atoms with E-state index in [1.54, 1.807) is 12.4 Å². The zero-order valence-corrected chi connectivity index (χ0v) is 15.4. The zero-order valence-electron chi connectivity index (χ0n) is 13.0. The Balaban J connectivity index is 0.00000144. The van der Waals surface area contributed by atoms with E-state index in [1.807, 2.05) is 35.2 Å². The number of hydrogen-bond acceptors (Lipinski definition) is 3. The smallest absolute Gasteiger partial charge is 0.255 e. The summed E-state index contributed by atoms with van der Waals surface area (Å²) >= 11 is 5.91. The fraction of sp³-hybridized carbons (Fsp3) is 0.294. The number of carbonyl (C=O) groups is 1. The number of amides is 1. The quantitative estimate of drug-likeness (QED) is 0.873. The van der Waals surface area contributed by atoms with Gasteiger partial charge < -0.3 is 10.6 Å². The number of likely N-dealkylation sites (tertiary alicyclic amines) is 1. The molecular weight excluding hydrogens is 369 g/mol. The molecule has 1 atom stereocenters. The van der Waals surface area contributed by atoms with Gasteiger partial charge in [0.1, 0.15) is 0 Å². The minimum Gasteiger partial charge on any atom is -0.338 e. The molecule has 1 unspecified atom stereocenters. The minimum absolute atomic E-state index is 0. The Labute approximate surface area is 159 Å². The van der Waals surface area contributed by atoms with Crippen molar-refractivity contribution in [2.45, 2.75) is 6.42 Å². The van der Waals surface area contributed by atoms with Gasteiger partial charge in [-0.1, -0.05) is 23.7 Å². The molecule has 1 aliphatic heterocycles. The van der Waals surface area contributed by atoms with Crippen molar-refractivity contribution < 1.29 is 4.79 Å². The Bertz CT molecular complexity index is 679. The summed E-state index contributed by atoms with van der Waals surface area (Å²) < 4.78 is 0. The fourth-order valence-electron chi connectivity index (χ4n) is 2.75. The number of hydrogen-bond donors (Lipinski definition) is 1. The maximum absolute atomic E-state index is 12.6. The maximum Gasteiger partial charge on any atom is 0.255 e. The van der Waals surface area contributed by atoms with Crippen molar-refractivity contribution in [2.24, 2.45) is 11.7 Å². The number of aromatic nitrogens is 1. The second kappa shape index (κ2) is 9.23. The van der Waals surface area contributed by atoms with Gasteiger partial charge >= 0.3 is 0 Å². The van der Waals surface area contributed by atoms with E-state index in [0.717, 1.165) is 30.6 Å². The number of rotatable bonds is 3. The van der Waals surface area contributed by atoms with Crippen molar-refractivity contribution in [3.63, 3.8) is 0 Å². The molecule has 1 aliphatic rings. The third-order valence-electron chi connectivity index (χ3n) is 4.07. The molecule has 130 valence electrons. The average molecular weight is 389 g/mol. The van der Waals surface area contributed by atoms with Crippen molar-refractivity contribution in [1.29, 1.82) is 0 Å². The van der Waals surface area contributed by atoms with Crippen LogP contribution in [0.5, 0.6) is 0 Å². The molecule has 3 rings (SSSR count). The average Bonchev–Trinajstić information content (AvgIpc) is 3.04. The monoisotopic (exact) mass is 387 g/mol. The number of pyridine rings is 1.